The van der Waals surface area contributed by atoms with Gasteiger partial charge in [-0.2, -0.15) is 0 Å². The van der Waals surface area contributed by atoms with E-state index in [0.717, 1.165) is 16.7 Å². The van der Waals surface area contributed by atoms with E-state index in [1.54, 1.807) is 35.5 Å². The summed E-state index contributed by atoms with van der Waals surface area (Å²) in [6, 6.07) is 0. The fourth-order valence-corrected chi connectivity index (χ4v) is 2.46. The summed E-state index contributed by atoms with van der Waals surface area (Å²) in [7, 11) is 7.96. The second-order valence-corrected chi connectivity index (χ2v) is 4.62. The highest BCUT2D eigenvalue weighted by atomic mass is 16.5. The molecule has 6 heteroatoms. The highest BCUT2D eigenvalue weighted by Gasteiger charge is 2.26. The van der Waals surface area contributed by atoms with Crippen molar-refractivity contribution in [2.45, 2.75) is 19.8 Å². The number of terminal acetylenes is 1. The molecule has 0 fully saturated rings. The van der Waals surface area contributed by atoms with Crippen LogP contribution >= 0.6 is 0 Å². The van der Waals surface area contributed by atoms with Gasteiger partial charge in [0.15, 0.2) is 0 Å². The van der Waals surface area contributed by atoms with Crippen molar-refractivity contribution in [3.05, 3.63) is 16.7 Å². The molecule has 0 radical (unpaired) electrons. The lowest BCUT2D eigenvalue weighted by Gasteiger charge is -2.23. The summed E-state index contributed by atoms with van der Waals surface area (Å²) in [6.45, 7) is 1.01. The van der Waals surface area contributed by atoms with Crippen LogP contribution < -0.4 is 14.2 Å². The number of rotatable bonds is 10. The van der Waals surface area contributed by atoms with E-state index in [0.29, 0.717) is 37.1 Å². The van der Waals surface area contributed by atoms with Gasteiger partial charge in [-0.25, -0.2) is 0 Å². The quantitative estimate of drug-likeness (QED) is 0.615. The number of benzene rings is 1. The minimum absolute atomic E-state index is 0.114. The molecular weight excluding hydrogens is 300 g/mol. The fourth-order valence-electron chi connectivity index (χ4n) is 2.46. The molecule has 23 heavy (non-hydrogen) atoms. The monoisotopic (exact) mass is 324 g/mol. The second kappa shape index (κ2) is 9.95. The van der Waals surface area contributed by atoms with Crippen LogP contribution in [0, 0.1) is 12.3 Å². The predicted molar refractivity (Wildman–Crippen MR) is 86.0 cm³/mol. The Labute approximate surface area is 137 Å². The summed E-state index contributed by atoms with van der Waals surface area (Å²) in [6.07, 6.45) is 5.32. The molecular formula is C17H24O6. The molecule has 1 aromatic carbocycles. The Morgan fingerprint density at radius 2 is 1.09 bits per heavy atom. The van der Waals surface area contributed by atoms with Gasteiger partial charge >= 0.3 is 0 Å². The molecule has 0 bridgehead atoms. The Morgan fingerprint density at radius 1 is 0.696 bits per heavy atom. The van der Waals surface area contributed by atoms with Crippen LogP contribution in [0.25, 0.3) is 0 Å². The average Bonchev–Trinajstić information content (AvgIpc) is 2.55. The van der Waals surface area contributed by atoms with Crippen molar-refractivity contribution in [3.63, 3.8) is 0 Å². The average molecular weight is 324 g/mol. The number of hydrogen-bond donors (Lipinski definition) is 0. The van der Waals surface area contributed by atoms with Crippen LogP contribution in [0.15, 0.2) is 0 Å². The van der Waals surface area contributed by atoms with Crippen molar-refractivity contribution in [2.24, 2.45) is 0 Å². The van der Waals surface area contributed by atoms with Crippen molar-refractivity contribution in [2.75, 3.05) is 42.2 Å². The van der Waals surface area contributed by atoms with E-state index in [1.165, 1.54) is 0 Å². The molecule has 0 heterocycles. The topological polar surface area (TPSA) is 55.4 Å². The SMILES string of the molecule is C#CCOc1c(COC)c(OC)c(COC)c(OC)c1COC. The predicted octanol–water partition coefficient (Wildman–Crippen LogP) is 2.16. The third kappa shape index (κ3) is 4.29. The first kappa shape index (κ1) is 19.1. The van der Waals surface area contributed by atoms with Crippen LogP contribution in [0.1, 0.15) is 16.7 Å². The van der Waals surface area contributed by atoms with Gasteiger partial charge in [-0.1, -0.05) is 5.92 Å². The smallest absolute Gasteiger partial charge is 0.148 e. The van der Waals surface area contributed by atoms with E-state index < -0.39 is 0 Å². The zero-order valence-corrected chi connectivity index (χ0v) is 14.4. The number of methoxy groups -OCH3 is 5. The second-order valence-electron chi connectivity index (χ2n) is 4.62. The molecule has 0 spiro atoms. The van der Waals surface area contributed by atoms with Crippen LogP contribution in [-0.2, 0) is 34.0 Å². The highest BCUT2D eigenvalue weighted by molar-refractivity contribution is 5.62. The van der Waals surface area contributed by atoms with Gasteiger partial charge in [0.2, 0.25) is 0 Å². The normalized spacial score (nSPS) is 10.3. The fraction of sp³-hybridized carbons (Fsp3) is 0.529. The number of ether oxygens (including phenoxy) is 6. The van der Waals surface area contributed by atoms with Gasteiger partial charge in [0.05, 0.1) is 50.7 Å². The lowest BCUT2D eigenvalue weighted by atomic mass is 10.0. The molecule has 0 aliphatic heterocycles. The lowest BCUT2D eigenvalue weighted by Crippen LogP contribution is -2.11. The Bertz CT molecular complexity index is 512. The summed E-state index contributed by atoms with van der Waals surface area (Å²) < 4.78 is 32.8. The van der Waals surface area contributed by atoms with Crippen molar-refractivity contribution < 1.29 is 28.4 Å². The summed E-state index contributed by atoms with van der Waals surface area (Å²) in [5.74, 6) is 4.20. The molecule has 128 valence electrons. The highest BCUT2D eigenvalue weighted by Crippen LogP contribution is 2.44. The van der Waals surface area contributed by atoms with E-state index in [9.17, 15) is 0 Å². The van der Waals surface area contributed by atoms with E-state index >= 15 is 0 Å². The van der Waals surface area contributed by atoms with E-state index in [2.05, 4.69) is 5.92 Å². The molecule has 0 unspecified atom stereocenters. The molecule has 0 N–H and O–H groups in total. The Hall–Kier alpha value is -1.94. The maximum atomic E-state index is 5.74. The standard InChI is InChI=1S/C17H24O6/c1-7-8-23-17-13(10-19-3)15(21-5)12(9-18-2)16(22-6)14(17)11-20-4/h1H,8-11H2,2-6H3. The molecule has 0 atom stereocenters. The first-order chi connectivity index (χ1) is 11.2. The van der Waals surface area contributed by atoms with Crippen LogP contribution in [0.4, 0.5) is 0 Å². The van der Waals surface area contributed by atoms with E-state index in [4.69, 9.17) is 34.8 Å². The van der Waals surface area contributed by atoms with Gasteiger partial charge in [-0.05, 0) is 0 Å². The first-order valence-corrected chi connectivity index (χ1v) is 7.01. The zero-order valence-electron chi connectivity index (χ0n) is 14.4. The third-order valence-corrected chi connectivity index (χ3v) is 3.22. The summed E-state index contributed by atoms with van der Waals surface area (Å²) in [5, 5.41) is 0. The third-order valence-electron chi connectivity index (χ3n) is 3.22. The molecule has 1 rings (SSSR count). The number of hydrogen-bond acceptors (Lipinski definition) is 6. The van der Waals surface area contributed by atoms with Crippen LogP contribution in [0.2, 0.25) is 0 Å². The van der Waals surface area contributed by atoms with Gasteiger partial charge in [0, 0.05) is 21.3 Å². The molecule has 0 amide bonds. The molecule has 6 nitrogen and oxygen atoms in total. The Morgan fingerprint density at radius 3 is 1.39 bits per heavy atom. The van der Waals surface area contributed by atoms with Gasteiger partial charge in [-0.15, -0.1) is 6.42 Å². The minimum atomic E-state index is 0.114. The lowest BCUT2D eigenvalue weighted by molar-refractivity contribution is 0.159. The maximum Gasteiger partial charge on any atom is 0.148 e. The van der Waals surface area contributed by atoms with E-state index in [1.807, 2.05) is 0 Å². The summed E-state index contributed by atoms with van der Waals surface area (Å²) >= 11 is 0. The minimum Gasteiger partial charge on any atom is -0.496 e. The molecule has 0 aromatic heterocycles. The largest absolute Gasteiger partial charge is 0.496 e. The van der Waals surface area contributed by atoms with E-state index in [-0.39, 0.29) is 6.61 Å². The summed E-state index contributed by atoms with van der Waals surface area (Å²) in [5.41, 5.74) is 2.25. The summed E-state index contributed by atoms with van der Waals surface area (Å²) in [4.78, 5) is 0. The Balaban J connectivity index is 3.70. The zero-order chi connectivity index (χ0) is 17.2. The van der Waals surface area contributed by atoms with Crippen LogP contribution in [0.3, 0.4) is 0 Å². The first-order valence-electron chi connectivity index (χ1n) is 7.01. The molecule has 0 aliphatic carbocycles. The van der Waals surface area contributed by atoms with Crippen LogP contribution in [-0.4, -0.2) is 42.2 Å². The maximum absolute atomic E-state index is 5.74. The molecule has 0 aliphatic rings. The van der Waals surface area contributed by atoms with Gasteiger partial charge < -0.3 is 28.4 Å². The van der Waals surface area contributed by atoms with Crippen molar-refractivity contribution in [1.82, 2.24) is 0 Å². The van der Waals surface area contributed by atoms with Crippen molar-refractivity contribution in [3.8, 4) is 29.6 Å². The van der Waals surface area contributed by atoms with Gasteiger partial charge in [0.1, 0.15) is 23.9 Å². The van der Waals surface area contributed by atoms with Crippen molar-refractivity contribution >= 4 is 0 Å². The molecule has 0 saturated carbocycles. The Kier molecular flexibility index (Phi) is 8.27. The van der Waals surface area contributed by atoms with Crippen molar-refractivity contribution in [1.29, 1.82) is 0 Å². The molecule has 1 aromatic rings. The van der Waals surface area contributed by atoms with Crippen LogP contribution in [0.5, 0.6) is 17.2 Å². The van der Waals surface area contributed by atoms with Gasteiger partial charge in [-0.3, -0.25) is 0 Å². The molecule has 0 saturated heterocycles. The van der Waals surface area contributed by atoms with Gasteiger partial charge in [0.25, 0.3) is 0 Å².